The summed E-state index contributed by atoms with van der Waals surface area (Å²) in [6.45, 7) is 6.92. The average Bonchev–Trinajstić information content (AvgIpc) is 2.69. The van der Waals surface area contributed by atoms with Crippen molar-refractivity contribution in [3.63, 3.8) is 0 Å². The second-order valence-corrected chi connectivity index (χ2v) is 6.34. The SMILES string of the molecule is CCOC(=O)CNC(=O)C(N=C/C(C(=O)OCC)=C(/O)c1ccccc1)C(C)C. The first-order valence-corrected chi connectivity index (χ1v) is 9.44. The Bertz CT molecular complexity index is 756. The van der Waals surface area contributed by atoms with Gasteiger partial charge < -0.3 is 19.9 Å². The van der Waals surface area contributed by atoms with Gasteiger partial charge in [-0.25, -0.2) is 4.79 Å². The number of rotatable bonds is 10. The summed E-state index contributed by atoms with van der Waals surface area (Å²) in [5.74, 6) is -2.34. The van der Waals surface area contributed by atoms with Crippen molar-refractivity contribution in [2.45, 2.75) is 33.7 Å². The van der Waals surface area contributed by atoms with Crippen molar-refractivity contribution in [1.29, 1.82) is 0 Å². The van der Waals surface area contributed by atoms with Gasteiger partial charge in [0.2, 0.25) is 5.91 Å². The molecule has 1 atom stereocenters. The number of aliphatic hydroxyl groups excluding tert-OH is 1. The van der Waals surface area contributed by atoms with Crippen LogP contribution in [0.3, 0.4) is 0 Å². The molecule has 2 N–H and O–H groups in total. The molecule has 0 aliphatic rings. The third-order valence-corrected chi connectivity index (χ3v) is 3.77. The Balaban J connectivity index is 3.11. The van der Waals surface area contributed by atoms with E-state index in [1.165, 1.54) is 0 Å². The summed E-state index contributed by atoms with van der Waals surface area (Å²) in [6.07, 6.45) is 1.13. The fraction of sp³-hybridized carbons (Fsp3) is 0.429. The zero-order valence-corrected chi connectivity index (χ0v) is 17.2. The molecule has 1 rings (SSSR count). The van der Waals surface area contributed by atoms with Crippen LogP contribution in [-0.2, 0) is 23.9 Å². The van der Waals surface area contributed by atoms with Crippen LogP contribution < -0.4 is 5.32 Å². The van der Waals surface area contributed by atoms with Gasteiger partial charge in [0.15, 0.2) is 0 Å². The second kappa shape index (κ2) is 12.3. The topological polar surface area (TPSA) is 114 Å². The van der Waals surface area contributed by atoms with Crippen LogP contribution in [0.5, 0.6) is 0 Å². The molecule has 0 spiro atoms. The zero-order valence-electron chi connectivity index (χ0n) is 17.2. The Hall–Kier alpha value is -3.16. The summed E-state index contributed by atoms with van der Waals surface area (Å²) < 4.78 is 9.77. The lowest BCUT2D eigenvalue weighted by atomic mass is 10.0. The second-order valence-electron chi connectivity index (χ2n) is 6.34. The van der Waals surface area contributed by atoms with E-state index in [1.54, 1.807) is 58.0 Å². The number of carbonyl (C=O) groups excluding carboxylic acids is 3. The fourth-order valence-electron chi connectivity index (χ4n) is 2.34. The summed E-state index contributed by atoms with van der Waals surface area (Å²) in [6, 6.07) is 7.59. The minimum absolute atomic E-state index is 0.117. The molecule has 0 aliphatic heterocycles. The number of carbonyl (C=O) groups is 3. The van der Waals surface area contributed by atoms with Gasteiger partial charge >= 0.3 is 11.9 Å². The van der Waals surface area contributed by atoms with Crippen LogP contribution in [0.15, 0.2) is 40.9 Å². The van der Waals surface area contributed by atoms with E-state index in [1.807, 2.05) is 0 Å². The lowest BCUT2D eigenvalue weighted by molar-refractivity contribution is -0.143. The quantitative estimate of drug-likeness (QED) is 0.268. The number of aliphatic hydroxyl groups is 1. The van der Waals surface area contributed by atoms with Crippen LogP contribution in [0.2, 0.25) is 0 Å². The number of amides is 1. The summed E-state index contributed by atoms with van der Waals surface area (Å²) in [5.41, 5.74) is 0.247. The Morgan fingerprint density at radius 1 is 1.10 bits per heavy atom. The van der Waals surface area contributed by atoms with Gasteiger partial charge in [-0.2, -0.15) is 0 Å². The first kappa shape index (κ1) is 23.9. The maximum absolute atomic E-state index is 12.4. The van der Waals surface area contributed by atoms with E-state index in [-0.39, 0.29) is 37.0 Å². The van der Waals surface area contributed by atoms with Crippen LogP contribution in [0, 0.1) is 5.92 Å². The highest BCUT2D eigenvalue weighted by Crippen LogP contribution is 2.17. The smallest absolute Gasteiger partial charge is 0.343 e. The molecule has 29 heavy (non-hydrogen) atoms. The highest BCUT2D eigenvalue weighted by atomic mass is 16.5. The lowest BCUT2D eigenvalue weighted by Crippen LogP contribution is -2.40. The number of aliphatic imine (C=N–C) groups is 1. The van der Waals surface area contributed by atoms with Gasteiger partial charge in [-0.1, -0.05) is 44.2 Å². The first-order chi connectivity index (χ1) is 13.8. The van der Waals surface area contributed by atoms with Crippen LogP contribution in [0.4, 0.5) is 0 Å². The van der Waals surface area contributed by atoms with Crippen molar-refractivity contribution in [2.24, 2.45) is 10.9 Å². The van der Waals surface area contributed by atoms with Crippen molar-refractivity contribution in [3.8, 4) is 0 Å². The highest BCUT2D eigenvalue weighted by molar-refractivity contribution is 6.15. The molecular weight excluding hydrogens is 376 g/mol. The normalized spacial score (nSPS) is 13.0. The van der Waals surface area contributed by atoms with E-state index in [0.29, 0.717) is 5.56 Å². The summed E-state index contributed by atoms with van der Waals surface area (Å²) in [7, 11) is 0. The molecule has 0 radical (unpaired) electrons. The molecule has 1 amide bonds. The van der Waals surface area contributed by atoms with Crippen LogP contribution in [0.25, 0.3) is 5.76 Å². The minimum atomic E-state index is -0.877. The van der Waals surface area contributed by atoms with Crippen molar-refractivity contribution >= 4 is 29.8 Å². The zero-order chi connectivity index (χ0) is 21.8. The van der Waals surface area contributed by atoms with E-state index in [9.17, 15) is 19.5 Å². The maximum Gasteiger partial charge on any atom is 0.343 e. The van der Waals surface area contributed by atoms with Crippen molar-refractivity contribution in [2.75, 3.05) is 19.8 Å². The number of benzene rings is 1. The molecule has 0 heterocycles. The molecule has 158 valence electrons. The maximum atomic E-state index is 12.4. The molecule has 1 unspecified atom stereocenters. The number of hydrogen-bond acceptors (Lipinski definition) is 7. The Morgan fingerprint density at radius 3 is 2.28 bits per heavy atom. The fourth-order valence-corrected chi connectivity index (χ4v) is 2.34. The Kier molecular flexibility index (Phi) is 10.2. The summed E-state index contributed by atoms with van der Waals surface area (Å²) >= 11 is 0. The lowest BCUT2D eigenvalue weighted by Gasteiger charge is -2.16. The largest absolute Gasteiger partial charge is 0.506 e. The average molecular weight is 404 g/mol. The highest BCUT2D eigenvalue weighted by Gasteiger charge is 2.23. The molecule has 8 heteroatoms. The van der Waals surface area contributed by atoms with E-state index in [0.717, 1.165) is 6.21 Å². The van der Waals surface area contributed by atoms with Gasteiger partial charge in [0.05, 0.1) is 13.2 Å². The third-order valence-electron chi connectivity index (χ3n) is 3.77. The number of ether oxygens (including phenoxy) is 2. The van der Waals surface area contributed by atoms with Crippen molar-refractivity contribution in [3.05, 3.63) is 41.5 Å². The molecule has 0 fully saturated rings. The summed E-state index contributed by atoms with van der Waals surface area (Å²) in [5, 5.41) is 13.0. The van der Waals surface area contributed by atoms with E-state index in [4.69, 9.17) is 9.47 Å². The van der Waals surface area contributed by atoms with Gasteiger partial charge in [0, 0.05) is 11.8 Å². The molecule has 0 aliphatic carbocycles. The number of nitrogens with one attached hydrogen (secondary N) is 1. The molecule has 0 saturated heterocycles. The van der Waals surface area contributed by atoms with Gasteiger partial charge in [-0.3, -0.25) is 14.6 Å². The molecule has 0 saturated carbocycles. The molecule has 8 nitrogen and oxygen atoms in total. The first-order valence-electron chi connectivity index (χ1n) is 9.44. The van der Waals surface area contributed by atoms with Gasteiger partial charge in [-0.15, -0.1) is 0 Å². The Labute approximate surface area is 170 Å². The van der Waals surface area contributed by atoms with Crippen LogP contribution >= 0.6 is 0 Å². The van der Waals surface area contributed by atoms with Crippen molar-refractivity contribution < 1.29 is 29.0 Å². The summed E-state index contributed by atoms with van der Waals surface area (Å²) in [4.78, 5) is 40.3. The van der Waals surface area contributed by atoms with Gasteiger partial charge in [-0.05, 0) is 19.8 Å². The van der Waals surface area contributed by atoms with Crippen LogP contribution in [-0.4, -0.2) is 55.0 Å². The molecule has 1 aromatic rings. The minimum Gasteiger partial charge on any atom is -0.506 e. The molecular formula is C21H28N2O6. The predicted molar refractivity (Wildman–Crippen MR) is 109 cm³/mol. The van der Waals surface area contributed by atoms with E-state index < -0.39 is 23.9 Å². The molecule has 0 aromatic heterocycles. The van der Waals surface area contributed by atoms with Crippen LogP contribution in [0.1, 0.15) is 33.3 Å². The van der Waals surface area contributed by atoms with E-state index >= 15 is 0 Å². The number of esters is 2. The predicted octanol–water partition coefficient (Wildman–Crippen LogP) is 2.29. The monoisotopic (exact) mass is 404 g/mol. The third kappa shape index (κ3) is 7.77. The van der Waals surface area contributed by atoms with Crippen molar-refractivity contribution in [1.82, 2.24) is 5.32 Å². The molecule has 0 bridgehead atoms. The Morgan fingerprint density at radius 2 is 1.72 bits per heavy atom. The number of nitrogens with zero attached hydrogens (tertiary/aromatic N) is 1. The standard InChI is InChI=1S/C21H28N2O6/c1-5-28-17(24)13-23-20(26)18(14(3)4)22-12-16(21(27)29-6-2)19(25)15-10-8-7-9-11-15/h7-12,14,18,25H,5-6,13H2,1-4H3,(H,23,26)/b19-16-,22-12?. The van der Waals surface area contributed by atoms with Gasteiger partial charge in [0.1, 0.15) is 23.9 Å². The van der Waals surface area contributed by atoms with E-state index in [2.05, 4.69) is 10.3 Å². The number of hydrogen-bond donors (Lipinski definition) is 2. The molecule has 1 aromatic carbocycles. The van der Waals surface area contributed by atoms with Gasteiger partial charge in [0.25, 0.3) is 0 Å².